The van der Waals surface area contributed by atoms with Crippen LogP contribution in [0.1, 0.15) is 37.7 Å². The zero-order valence-corrected chi connectivity index (χ0v) is 10.5. The molecule has 2 heteroatoms. The van der Waals surface area contributed by atoms with Crippen LogP contribution in [0.5, 0.6) is 0 Å². The number of nitrogens with one attached hydrogen (secondary N) is 1. The second-order valence-corrected chi connectivity index (χ2v) is 4.94. The van der Waals surface area contributed by atoms with Gasteiger partial charge in [0, 0.05) is 0 Å². The van der Waals surface area contributed by atoms with Gasteiger partial charge >= 0.3 is 0 Å². The van der Waals surface area contributed by atoms with Gasteiger partial charge in [-0.1, -0.05) is 49.6 Å². The fourth-order valence-corrected chi connectivity index (χ4v) is 3.08. The monoisotopic (exact) mass is 231 g/mol. The highest BCUT2D eigenvalue weighted by Gasteiger charge is 2.39. The highest BCUT2D eigenvalue weighted by Crippen LogP contribution is 2.37. The maximum absolute atomic E-state index is 11.7. The van der Waals surface area contributed by atoms with Crippen molar-refractivity contribution in [1.82, 2.24) is 5.32 Å². The topological polar surface area (TPSA) is 29.1 Å². The SMILES string of the molecule is CNC(C=O)(c1ccccc1)C1CCCCC1. The maximum atomic E-state index is 11.7. The molecule has 2 nitrogen and oxygen atoms in total. The predicted octanol–water partition coefficient (Wildman–Crippen LogP) is 2.88. The Kier molecular flexibility index (Phi) is 3.95. The molecule has 1 aromatic carbocycles. The van der Waals surface area contributed by atoms with Crippen LogP contribution in [0, 0.1) is 5.92 Å². The van der Waals surface area contributed by atoms with Crippen LogP contribution in [-0.2, 0) is 10.3 Å². The Bertz CT molecular complexity index is 356. The van der Waals surface area contributed by atoms with Crippen molar-refractivity contribution in [3.05, 3.63) is 35.9 Å². The Morgan fingerprint density at radius 3 is 2.35 bits per heavy atom. The third-order valence-corrected chi connectivity index (χ3v) is 4.10. The van der Waals surface area contributed by atoms with Gasteiger partial charge in [0.25, 0.3) is 0 Å². The van der Waals surface area contributed by atoms with Crippen LogP contribution in [0.4, 0.5) is 0 Å². The van der Waals surface area contributed by atoms with Gasteiger partial charge in [-0.25, -0.2) is 0 Å². The van der Waals surface area contributed by atoms with E-state index in [4.69, 9.17) is 0 Å². The summed E-state index contributed by atoms with van der Waals surface area (Å²) in [5, 5.41) is 3.28. The summed E-state index contributed by atoms with van der Waals surface area (Å²) >= 11 is 0. The first kappa shape index (κ1) is 12.3. The van der Waals surface area contributed by atoms with Gasteiger partial charge in [-0.3, -0.25) is 0 Å². The number of aldehydes is 1. The number of hydrogen-bond donors (Lipinski definition) is 1. The largest absolute Gasteiger partial charge is 0.304 e. The van der Waals surface area contributed by atoms with Crippen LogP contribution in [-0.4, -0.2) is 13.3 Å². The summed E-state index contributed by atoms with van der Waals surface area (Å²) in [6.45, 7) is 0. The number of carbonyl (C=O) groups is 1. The number of carbonyl (C=O) groups excluding carboxylic acids is 1. The van der Waals surface area contributed by atoms with Crippen molar-refractivity contribution in [2.45, 2.75) is 37.6 Å². The van der Waals surface area contributed by atoms with Crippen LogP contribution >= 0.6 is 0 Å². The second-order valence-electron chi connectivity index (χ2n) is 4.94. The summed E-state index contributed by atoms with van der Waals surface area (Å²) in [5.41, 5.74) is 0.617. The lowest BCUT2D eigenvalue weighted by atomic mass is 9.72. The number of benzene rings is 1. The van der Waals surface area contributed by atoms with Crippen molar-refractivity contribution in [3.63, 3.8) is 0 Å². The molecule has 0 amide bonds. The standard InChI is InChI=1S/C15H21NO/c1-16-15(12-17,13-8-4-2-5-9-13)14-10-6-3-7-11-14/h2,4-5,8-9,12,14,16H,3,6-7,10-11H2,1H3. The number of hydrogen-bond acceptors (Lipinski definition) is 2. The van der Waals surface area contributed by atoms with Gasteiger partial charge < -0.3 is 10.1 Å². The Labute approximate surface area is 103 Å². The molecule has 0 bridgehead atoms. The molecule has 1 aliphatic carbocycles. The van der Waals surface area contributed by atoms with E-state index in [9.17, 15) is 4.79 Å². The first-order valence-corrected chi connectivity index (χ1v) is 6.54. The van der Waals surface area contributed by atoms with Gasteiger partial charge in [-0.05, 0) is 31.4 Å². The normalized spacial score (nSPS) is 20.8. The van der Waals surface area contributed by atoms with Gasteiger partial charge in [-0.2, -0.15) is 0 Å². The summed E-state index contributed by atoms with van der Waals surface area (Å²) in [6, 6.07) is 10.1. The van der Waals surface area contributed by atoms with Crippen molar-refractivity contribution in [3.8, 4) is 0 Å². The van der Waals surface area contributed by atoms with Gasteiger partial charge in [0.1, 0.15) is 11.8 Å². The molecule has 92 valence electrons. The third kappa shape index (κ3) is 2.27. The van der Waals surface area contributed by atoms with Crippen molar-refractivity contribution in [2.24, 2.45) is 5.92 Å². The van der Waals surface area contributed by atoms with Crippen molar-refractivity contribution in [2.75, 3.05) is 7.05 Å². The average molecular weight is 231 g/mol. The van der Waals surface area contributed by atoms with E-state index in [0.29, 0.717) is 5.92 Å². The fraction of sp³-hybridized carbons (Fsp3) is 0.533. The molecule has 17 heavy (non-hydrogen) atoms. The highest BCUT2D eigenvalue weighted by molar-refractivity contribution is 5.68. The molecule has 0 radical (unpaired) electrons. The summed E-state index contributed by atoms with van der Waals surface area (Å²) in [5.74, 6) is 0.432. The zero-order chi connectivity index (χ0) is 12.1. The zero-order valence-electron chi connectivity index (χ0n) is 10.5. The Hall–Kier alpha value is -1.15. The third-order valence-electron chi connectivity index (χ3n) is 4.10. The summed E-state index contributed by atoms with van der Waals surface area (Å²) in [6.07, 6.45) is 7.20. The molecule has 1 atom stereocenters. The predicted molar refractivity (Wildman–Crippen MR) is 69.8 cm³/mol. The van der Waals surface area contributed by atoms with E-state index in [0.717, 1.165) is 24.7 Å². The molecule has 1 saturated carbocycles. The molecular weight excluding hydrogens is 210 g/mol. The van der Waals surface area contributed by atoms with Crippen LogP contribution in [0.3, 0.4) is 0 Å². The fourth-order valence-electron chi connectivity index (χ4n) is 3.08. The summed E-state index contributed by atoms with van der Waals surface area (Å²) < 4.78 is 0. The Morgan fingerprint density at radius 1 is 1.18 bits per heavy atom. The number of likely N-dealkylation sites (N-methyl/N-ethyl adjacent to an activating group) is 1. The lowest BCUT2D eigenvalue weighted by Crippen LogP contribution is -2.48. The summed E-state index contributed by atoms with van der Waals surface area (Å²) in [7, 11) is 1.90. The molecule has 0 saturated heterocycles. The van der Waals surface area contributed by atoms with Crippen molar-refractivity contribution >= 4 is 6.29 Å². The maximum Gasteiger partial charge on any atom is 0.144 e. The molecular formula is C15H21NO. The van der Waals surface area contributed by atoms with Gasteiger partial charge in [0.2, 0.25) is 0 Å². The summed E-state index contributed by atoms with van der Waals surface area (Å²) in [4.78, 5) is 11.7. The minimum absolute atomic E-state index is 0.432. The van der Waals surface area contributed by atoms with Gasteiger partial charge in [0.05, 0.1) is 0 Å². The molecule has 0 aromatic heterocycles. The van der Waals surface area contributed by atoms with E-state index in [-0.39, 0.29) is 0 Å². The molecule has 1 N–H and O–H groups in total. The lowest BCUT2D eigenvalue weighted by Gasteiger charge is -2.38. The second kappa shape index (κ2) is 5.46. The molecule has 2 rings (SSSR count). The first-order chi connectivity index (χ1) is 8.33. The molecule has 0 aliphatic heterocycles. The van der Waals surface area contributed by atoms with Crippen LogP contribution in [0.15, 0.2) is 30.3 Å². The van der Waals surface area contributed by atoms with Crippen molar-refractivity contribution in [1.29, 1.82) is 0 Å². The molecule has 1 fully saturated rings. The van der Waals surface area contributed by atoms with Crippen LogP contribution < -0.4 is 5.32 Å². The van der Waals surface area contributed by atoms with Gasteiger partial charge in [-0.15, -0.1) is 0 Å². The van der Waals surface area contributed by atoms with Crippen LogP contribution in [0.2, 0.25) is 0 Å². The lowest BCUT2D eigenvalue weighted by molar-refractivity contribution is -0.116. The first-order valence-electron chi connectivity index (χ1n) is 6.54. The smallest absolute Gasteiger partial charge is 0.144 e. The van der Waals surface area contributed by atoms with E-state index in [2.05, 4.69) is 17.4 Å². The van der Waals surface area contributed by atoms with E-state index in [1.807, 2.05) is 25.2 Å². The van der Waals surface area contributed by atoms with E-state index >= 15 is 0 Å². The van der Waals surface area contributed by atoms with Crippen LogP contribution in [0.25, 0.3) is 0 Å². The van der Waals surface area contributed by atoms with Gasteiger partial charge in [0.15, 0.2) is 0 Å². The highest BCUT2D eigenvalue weighted by atomic mass is 16.1. The van der Waals surface area contributed by atoms with Crippen molar-refractivity contribution < 1.29 is 4.79 Å². The Balaban J connectivity index is 2.34. The quantitative estimate of drug-likeness (QED) is 0.807. The molecule has 1 aromatic rings. The number of rotatable bonds is 4. The average Bonchev–Trinajstić information content (AvgIpc) is 2.43. The van der Waals surface area contributed by atoms with E-state index in [1.165, 1.54) is 19.3 Å². The molecule has 0 heterocycles. The van der Waals surface area contributed by atoms with E-state index in [1.54, 1.807) is 0 Å². The molecule has 0 spiro atoms. The minimum Gasteiger partial charge on any atom is -0.304 e. The Morgan fingerprint density at radius 2 is 1.82 bits per heavy atom. The van der Waals surface area contributed by atoms with E-state index < -0.39 is 5.54 Å². The molecule has 1 aliphatic rings. The molecule has 1 unspecified atom stereocenters. The minimum atomic E-state index is -0.484.